The van der Waals surface area contributed by atoms with Gasteiger partial charge in [0.25, 0.3) is 0 Å². The topological polar surface area (TPSA) is 106 Å². The number of aromatic nitrogens is 2. The Bertz CT molecular complexity index is 641. The highest BCUT2D eigenvalue weighted by atomic mass is 16.8. The molecule has 0 aliphatic carbocycles. The van der Waals surface area contributed by atoms with Crippen LogP contribution in [0.5, 0.6) is 0 Å². The molecular formula is C13H17N3O5. The molecule has 2 saturated heterocycles. The molecular weight excluding hydrogens is 278 g/mol. The summed E-state index contributed by atoms with van der Waals surface area (Å²) in [7, 11) is 0. The molecule has 1 aromatic heterocycles. The first-order valence-corrected chi connectivity index (χ1v) is 6.65. The van der Waals surface area contributed by atoms with E-state index in [9.17, 15) is 9.59 Å². The summed E-state index contributed by atoms with van der Waals surface area (Å²) >= 11 is 0. The number of nitrogen functional groups attached to an aromatic ring is 1. The van der Waals surface area contributed by atoms with Crippen molar-refractivity contribution in [3.8, 4) is 0 Å². The lowest BCUT2D eigenvalue weighted by Crippen LogP contribution is -2.35. The van der Waals surface area contributed by atoms with Crippen LogP contribution in [-0.2, 0) is 19.0 Å². The van der Waals surface area contributed by atoms with Crippen LogP contribution in [-0.4, -0.2) is 39.4 Å². The maximum Gasteiger partial charge on any atom is 0.351 e. The van der Waals surface area contributed by atoms with Crippen molar-refractivity contribution in [2.24, 2.45) is 0 Å². The van der Waals surface area contributed by atoms with E-state index in [1.165, 1.54) is 23.8 Å². The summed E-state index contributed by atoms with van der Waals surface area (Å²) < 4.78 is 18.5. The third kappa shape index (κ3) is 2.35. The second-order valence-electron chi connectivity index (χ2n) is 5.66. The first kappa shape index (κ1) is 14.2. The Morgan fingerprint density at radius 1 is 1.38 bits per heavy atom. The van der Waals surface area contributed by atoms with E-state index in [-0.39, 0.29) is 11.6 Å². The zero-order chi connectivity index (χ0) is 15.4. The Balaban J connectivity index is 1.99. The maximum atomic E-state index is 12.0. The van der Waals surface area contributed by atoms with E-state index in [2.05, 4.69) is 4.98 Å². The van der Waals surface area contributed by atoms with E-state index in [1.54, 1.807) is 13.8 Å². The first-order chi connectivity index (χ1) is 9.78. The Kier molecular flexibility index (Phi) is 3.12. The number of anilines is 1. The van der Waals surface area contributed by atoms with Gasteiger partial charge in [-0.15, -0.1) is 0 Å². The highest BCUT2D eigenvalue weighted by Gasteiger charge is 2.57. The molecule has 0 amide bonds. The Morgan fingerprint density at radius 2 is 2.05 bits per heavy atom. The third-order valence-corrected chi connectivity index (χ3v) is 3.56. The molecule has 3 rings (SSSR count). The Morgan fingerprint density at radius 3 is 2.67 bits per heavy atom. The molecule has 2 fully saturated rings. The van der Waals surface area contributed by atoms with Crippen LogP contribution in [0, 0.1) is 0 Å². The van der Waals surface area contributed by atoms with E-state index < -0.39 is 36.0 Å². The number of hydrogen-bond acceptors (Lipinski definition) is 7. The molecule has 1 aromatic rings. The normalized spacial score (nSPS) is 33.9. The van der Waals surface area contributed by atoms with Gasteiger partial charge in [0.1, 0.15) is 24.1 Å². The lowest BCUT2D eigenvalue weighted by atomic mass is 10.1. The average Bonchev–Trinajstić information content (AvgIpc) is 2.82. The number of nitrogens with zero attached hydrogens (tertiary/aromatic N) is 2. The van der Waals surface area contributed by atoms with E-state index in [0.717, 1.165) is 0 Å². The van der Waals surface area contributed by atoms with Crippen LogP contribution in [0.15, 0.2) is 17.1 Å². The van der Waals surface area contributed by atoms with Crippen LogP contribution < -0.4 is 11.4 Å². The molecule has 21 heavy (non-hydrogen) atoms. The average molecular weight is 295 g/mol. The summed E-state index contributed by atoms with van der Waals surface area (Å²) in [6, 6.07) is 1.49. The van der Waals surface area contributed by atoms with Crippen LogP contribution in [0.1, 0.15) is 27.0 Å². The summed E-state index contributed by atoms with van der Waals surface area (Å²) in [5.41, 5.74) is 4.92. The zero-order valence-electron chi connectivity index (χ0n) is 12.0. The van der Waals surface area contributed by atoms with Gasteiger partial charge in [-0.05, 0) is 26.8 Å². The van der Waals surface area contributed by atoms with E-state index in [0.29, 0.717) is 0 Å². The van der Waals surface area contributed by atoms with Gasteiger partial charge in [0, 0.05) is 6.20 Å². The molecule has 2 N–H and O–H groups in total. The molecule has 0 radical (unpaired) electrons. The number of carbonyl (C=O) groups excluding carboxylic acids is 1. The van der Waals surface area contributed by atoms with Crippen molar-refractivity contribution < 1.29 is 19.0 Å². The monoisotopic (exact) mass is 295 g/mol. The van der Waals surface area contributed by atoms with Crippen LogP contribution in [0.4, 0.5) is 5.82 Å². The third-order valence-electron chi connectivity index (χ3n) is 3.56. The number of rotatable bonds is 2. The van der Waals surface area contributed by atoms with Crippen molar-refractivity contribution in [3.05, 3.63) is 22.7 Å². The predicted octanol–water partition coefficient (Wildman–Crippen LogP) is -0.168. The number of fused-ring (bicyclic) bond motifs is 1. The van der Waals surface area contributed by atoms with Crippen LogP contribution in [0.25, 0.3) is 0 Å². The number of hydrogen-bond donors (Lipinski definition) is 1. The smallest absolute Gasteiger partial charge is 0.351 e. The minimum atomic E-state index is -0.837. The molecule has 0 spiro atoms. The molecule has 0 saturated carbocycles. The van der Waals surface area contributed by atoms with Gasteiger partial charge < -0.3 is 19.9 Å². The highest BCUT2D eigenvalue weighted by Crippen LogP contribution is 2.42. The van der Waals surface area contributed by atoms with Gasteiger partial charge in [-0.1, -0.05) is 0 Å². The molecule has 2 aliphatic rings. The summed E-state index contributed by atoms with van der Waals surface area (Å²) in [5.74, 6) is -0.890. The standard InChI is InChI=1S/C13H17N3O5/c1-6(17)8-9-10(21-13(2,3)20-9)11(19-8)16-5-4-7(14)15-12(16)18/h4-5,8-11H,1-3H3,(H2,14,15,18)/t8-,9?,10+,11-/m1/s1. The fourth-order valence-electron chi connectivity index (χ4n) is 2.75. The van der Waals surface area contributed by atoms with Crippen LogP contribution in [0.3, 0.4) is 0 Å². The summed E-state index contributed by atoms with van der Waals surface area (Å²) in [6.07, 6.45) is -1.18. The molecule has 2 aliphatic heterocycles. The summed E-state index contributed by atoms with van der Waals surface area (Å²) in [5, 5.41) is 0. The number of ether oxygens (including phenoxy) is 3. The van der Waals surface area contributed by atoms with Gasteiger partial charge in [0.2, 0.25) is 0 Å². The fraction of sp³-hybridized carbons (Fsp3) is 0.615. The van der Waals surface area contributed by atoms with Gasteiger partial charge in [0.05, 0.1) is 0 Å². The minimum Gasteiger partial charge on any atom is -0.383 e. The minimum absolute atomic E-state index is 0.123. The maximum absolute atomic E-state index is 12.0. The van der Waals surface area contributed by atoms with Crippen molar-refractivity contribution in [3.63, 3.8) is 0 Å². The Hall–Kier alpha value is -1.77. The van der Waals surface area contributed by atoms with E-state index in [4.69, 9.17) is 19.9 Å². The number of carbonyl (C=O) groups is 1. The van der Waals surface area contributed by atoms with Gasteiger partial charge in [-0.25, -0.2) is 4.79 Å². The predicted molar refractivity (Wildman–Crippen MR) is 71.3 cm³/mol. The van der Waals surface area contributed by atoms with Crippen molar-refractivity contribution in [1.29, 1.82) is 0 Å². The highest BCUT2D eigenvalue weighted by molar-refractivity contribution is 5.81. The SMILES string of the molecule is CC(=O)[C@H]1O[C@@H](n2ccc(N)nc2=O)[C@H]2OC(C)(C)OC12. The van der Waals surface area contributed by atoms with Crippen LogP contribution in [0.2, 0.25) is 0 Å². The molecule has 8 nitrogen and oxygen atoms in total. The molecule has 3 heterocycles. The molecule has 8 heteroatoms. The Labute approximate surface area is 120 Å². The van der Waals surface area contributed by atoms with Crippen molar-refractivity contribution in [2.45, 2.75) is 51.1 Å². The van der Waals surface area contributed by atoms with Crippen molar-refractivity contribution >= 4 is 11.6 Å². The van der Waals surface area contributed by atoms with Crippen molar-refractivity contribution in [2.75, 3.05) is 5.73 Å². The second-order valence-corrected chi connectivity index (χ2v) is 5.66. The van der Waals surface area contributed by atoms with E-state index >= 15 is 0 Å². The lowest BCUT2D eigenvalue weighted by Gasteiger charge is -2.24. The first-order valence-electron chi connectivity index (χ1n) is 6.65. The van der Waals surface area contributed by atoms with Gasteiger partial charge in [-0.3, -0.25) is 9.36 Å². The van der Waals surface area contributed by atoms with E-state index in [1.807, 2.05) is 0 Å². The summed E-state index contributed by atoms with van der Waals surface area (Å²) in [4.78, 5) is 27.4. The number of nitrogens with two attached hydrogens (primary N) is 1. The molecule has 114 valence electrons. The lowest BCUT2D eigenvalue weighted by molar-refractivity contribution is -0.197. The quantitative estimate of drug-likeness (QED) is 0.807. The number of Topliss-reactive ketones (excluding diaryl/α,β-unsaturated/α-hetero) is 1. The largest absolute Gasteiger partial charge is 0.383 e. The van der Waals surface area contributed by atoms with Gasteiger partial charge in [-0.2, -0.15) is 4.98 Å². The molecule has 0 bridgehead atoms. The van der Waals surface area contributed by atoms with Gasteiger partial charge in [0.15, 0.2) is 17.8 Å². The number of ketones is 1. The zero-order valence-corrected chi connectivity index (χ0v) is 12.0. The van der Waals surface area contributed by atoms with Crippen LogP contribution >= 0.6 is 0 Å². The molecule has 1 unspecified atom stereocenters. The van der Waals surface area contributed by atoms with Gasteiger partial charge >= 0.3 is 5.69 Å². The summed E-state index contributed by atoms with van der Waals surface area (Å²) in [6.45, 7) is 4.93. The van der Waals surface area contributed by atoms with Crippen molar-refractivity contribution in [1.82, 2.24) is 9.55 Å². The fourth-order valence-corrected chi connectivity index (χ4v) is 2.75. The molecule has 0 aromatic carbocycles. The second kappa shape index (κ2) is 4.62. The molecule has 4 atom stereocenters.